The summed E-state index contributed by atoms with van der Waals surface area (Å²) in [5.41, 5.74) is -6.65. The molecule has 3 aromatic rings. The molecule has 0 amide bonds. The van der Waals surface area contributed by atoms with Crippen molar-refractivity contribution in [3.05, 3.63) is 106 Å². The predicted molar refractivity (Wildman–Crippen MR) is 102 cm³/mol. The van der Waals surface area contributed by atoms with Gasteiger partial charge in [0.1, 0.15) is 5.41 Å². The molecule has 0 spiro atoms. The first-order valence-corrected chi connectivity index (χ1v) is 9.34. The van der Waals surface area contributed by atoms with Crippen LogP contribution in [0.25, 0.3) is 0 Å². The summed E-state index contributed by atoms with van der Waals surface area (Å²) in [6.07, 6.45) is -14.3. The summed E-state index contributed by atoms with van der Waals surface area (Å²) in [6, 6.07) is 8.46. The summed E-state index contributed by atoms with van der Waals surface area (Å²) < 4.78 is 117. The highest BCUT2D eigenvalue weighted by atomic mass is 19.4. The average molecular weight is 492 g/mol. The maximum absolute atomic E-state index is 13.0. The van der Waals surface area contributed by atoms with E-state index in [0.29, 0.717) is 36.4 Å². The van der Waals surface area contributed by atoms with E-state index in [9.17, 15) is 49.4 Å². The largest absolute Gasteiger partial charge is 0.480 e. The number of hydrogen-bond acceptors (Lipinski definition) is 1. The highest BCUT2D eigenvalue weighted by Crippen LogP contribution is 2.43. The van der Waals surface area contributed by atoms with E-state index in [1.807, 2.05) is 0 Å². The van der Waals surface area contributed by atoms with Crippen molar-refractivity contribution in [1.82, 2.24) is 0 Å². The molecule has 11 heteroatoms. The van der Waals surface area contributed by atoms with Crippen LogP contribution < -0.4 is 0 Å². The number of benzene rings is 3. The van der Waals surface area contributed by atoms with Gasteiger partial charge in [0.25, 0.3) is 0 Å². The van der Waals surface area contributed by atoms with Gasteiger partial charge in [0.15, 0.2) is 0 Å². The summed E-state index contributed by atoms with van der Waals surface area (Å²) in [6.45, 7) is 0. The summed E-state index contributed by atoms with van der Waals surface area (Å²) in [5, 5.41) is 10.2. The summed E-state index contributed by atoms with van der Waals surface area (Å²) in [5.74, 6) is -1.72. The molecule has 0 atom stereocenters. The van der Waals surface area contributed by atoms with E-state index in [0.717, 1.165) is 36.4 Å². The average Bonchev–Trinajstić information content (AvgIpc) is 2.73. The van der Waals surface area contributed by atoms with Crippen molar-refractivity contribution >= 4 is 5.97 Å². The highest BCUT2D eigenvalue weighted by Gasteiger charge is 2.45. The minimum atomic E-state index is -4.76. The lowest BCUT2D eigenvalue weighted by molar-refractivity contribution is -0.140. The Bertz CT molecular complexity index is 1020. The lowest BCUT2D eigenvalue weighted by atomic mass is 9.69. The molecule has 34 heavy (non-hydrogen) atoms. The minimum Gasteiger partial charge on any atom is -0.480 e. The number of halogens is 9. The Morgan fingerprint density at radius 3 is 0.765 bits per heavy atom. The molecular weight excluding hydrogens is 479 g/mol. The molecule has 180 valence electrons. The number of carbonyl (C=O) groups is 1. The zero-order valence-electron chi connectivity index (χ0n) is 16.7. The zero-order chi connectivity index (χ0) is 25.5. The Kier molecular flexibility index (Phi) is 6.19. The molecule has 0 saturated heterocycles. The number of carboxylic acid groups (broad SMARTS) is 1. The fraction of sp³-hybridized carbons (Fsp3) is 0.174. The van der Waals surface area contributed by atoms with Crippen molar-refractivity contribution in [1.29, 1.82) is 0 Å². The van der Waals surface area contributed by atoms with Crippen LogP contribution in [0.2, 0.25) is 0 Å². The fourth-order valence-electron chi connectivity index (χ4n) is 3.60. The molecule has 0 saturated carbocycles. The van der Waals surface area contributed by atoms with Crippen LogP contribution in [0.15, 0.2) is 72.8 Å². The van der Waals surface area contributed by atoms with Crippen molar-refractivity contribution in [2.45, 2.75) is 23.9 Å². The van der Waals surface area contributed by atoms with Crippen molar-refractivity contribution in [2.24, 2.45) is 0 Å². The van der Waals surface area contributed by atoms with Gasteiger partial charge in [-0.3, -0.25) is 4.79 Å². The SMILES string of the molecule is O=C(O)C(c1ccc(C(F)(F)F)cc1)(c1ccc(C(F)(F)F)cc1)c1ccc(C(F)(F)F)cc1. The molecule has 0 fully saturated rings. The number of carboxylic acids is 1. The van der Waals surface area contributed by atoms with Crippen molar-refractivity contribution in [3.8, 4) is 0 Å². The molecule has 0 aliphatic carbocycles. The third-order valence-electron chi connectivity index (χ3n) is 5.26. The molecular formula is C23H13F9O2. The summed E-state index contributed by atoms with van der Waals surface area (Å²) in [4.78, 5) is 12.6. The van der Waals surface area contributed by atoms with E-state index < -0.39 is 46.6 Å². The van der Waals surface area contributed by atoms with E-state index >= 15 is 0 Å². The van der Waals surface area contributed by atoms with Crippen LogP contribution in [0, 0.1) is 0 Å². The standard InChI is InChI=1S/C23H13F9O2/c24-21(25,26)16-7-1-13(2-8-16)20(19(33)34,14-3-9-17(10-4-14)22(27,28)29)15-5-11-18(12-6-15)23(30,31)32/h1-12H,(H,33,34). The van der Waals surface area contributed by atoms with Gasteiger partial charge in [-0.25, -0.2) is 0 Å². The van der Waals surface area contributed by atoms with Crippen molar-refractivity contribution in [3.63, 3.8) is 0 Å². The lowest BCUT2D eigenvalue weighted by Crippen LogP contribution is -2.38. The number of hydrogen-bond donors (Lipinski definition) is 1. The molecule has 0 radical (unpaired) electrons. The molecule has 2 nitrogen and oxygen atoms in total. The van der Waals surface area contributed by atoms with Crippen LogP contribution in [-0.4, -0.2) is 11.1 Å². The molecule has 0 aliphatic heterocycles. The maximum Gasteiger partial charge on any atom is 0.416 e. The van der Waals surface area contributed by atoms with E-state index in [1.165, 1.54) is 0 Å². The van der Waals surface area contributed by atoms with Crippen molar-refractivity contribution < 1.29 is 49.4 Å². The summed E-state index contributed by atoms with van der Waals surface area (Å²) >= 11 is 0. The monoisotopic (exact) mass is 492 g/mol. The third kappa shape index (κ3) is 4.59. The Morgan fingerprint density at radius 2 is 0.618 bits per heavy atom. The molecule has 1 N–H and O–H groups in total. The Labute approximate surface area is 186 Å². The smallest absolute Gasteiger partial charge is 0.416 e. The molecule has 0 unspecified atom stereocenters. The second-order valence-electron chi connectivity index (χ2n) is 7.28. The summed E-state index contributed by atoms with van der Waals surface area (Å²) in [7, 11) is 0. The molecule has 3 aromatic carbocycles. The molecule has 0 aromatic heterocycles. The molecule has 0 aliphatic rings. The lowest BCUT2D eigenvalue weighted by Gasteiger charge is -2.32. The van der Waals surface area contributed by atoms with Crippen LogP contribution in [0.5, 0.6) is 0 Å². The van der Waals surface area contributed by atoms with Crippen LogP contribution >= 0.6 is 0 Å². The molecule has 0 heterocycles. The van der Waals surface area contributed by atoms with E-state index in [4.69, 9.17) is 0 Å². The van der Waals surface area contributed by atoms with Gasteiger partial charge in [0, 0.05) is 0 Å². The quantitative estimate of drug-likeness (QED) is 0.310. The Morgan fingerprint density at radius 1 is 0.441 bits per heavy atom. The van der Waals surface area contributed by atoms with Crippen LogP contribution in [-0.2, 0) is 28.7 Å². The second-order valence-corrected chi connectivity index (χ2v) is 7.28. The highest BCUT2D eigenvalue weighted by molar-refractivity contribution is 5.91. The van der Waals surface area contributed by atoms with Crippen LogP contribution in [0.4, 0.5) is 39.5 Å². The van der Waals surface area contributed by atoms with Gasteiger partial charge in [-0.2, -0.15) is 39.5 Å². The van der Waals surface area contributed by atoms with Gasteiger partial charge in [0.2, 0.25) is 0 Å². The van der Waals surface area contributed by atoms with Crippen LogP contribution in [0.1, 0.15) is 33.4 Å². The van der Waals surface area contributed by atoms with Crippen LogP contribution in [0.3, 0.4) is 0 Å². The number of alkyl halides is 9. The fourth-order valence-corrected chi connectivity index (χ4v) is 3.60. The van der Waals surface area contributed by atoms with E-state index in [2.05, 4.69) is 0 Å². The van der Waals surface area contributed by atoms with Gasteiger partial charge in [-0.05, 0) is 53.1 Å². The Balaban J connectivity index is 2.30. The maximum atomic E-state index is 13.0. The second kappa shape index (κ2) is 8.37. The van der Waals surface area contributed by atoms with Gasteiger partial charge in [-0.1, -0.05) is 36.4 Å². The van der Waals surface area contributed by atoms with Gasteiger partial charge in [0.05, 0.1) is 16.7 Å². The topological polar surface area (TPSA) is 37.3 Å². The number of aliphatic carboxylic acids is 1. The van der Waals surface area contributed by atoms with Crippen molar-refractivity contribution in [2.75, 3.05) is 0 Å². The van der Waals surface area contributed by atoms with E-state index in [1.54, 1.807) is 0 Å². The van der Waals surface area contributed by atoms with Gasteiger partial charge < -0.3 is 5.11 Å². The zero-order valence-corrected chi connectivity index (χ0v) is 16.7. The first-order valence-electron chi connectivity index (χ1n) is 9.34. The predicted octanol–water partition coefficient (Wildman–Crippen LogP) is 7.16. The third-order valence-corrected chi connectivity index (χ3v) is 5.26. The van der Waals surface area contributed by atoms with Gasteiger partial charge in [-0.15, -0.1) is 0 Å². The normalized spacial score (nSPS) is 13.1. The first kappa shape index (κ1) is 25.1. The molecule has 0 bridgehead atoms. The number of rotatable bonds is 4. The van der Waals surface area contributed by atoms with Gasteiger partial charge >= 0.3 is 24.5 Å². The first-order chi connectivity index (χ1) is 15.6. The Hall–Kier alpha value is -3.50. The molecule has 3 rings (SSSR count). The van der Waals surface area contributed by atoms with E-state index in [-0.39, 0.29) is 16.7 Å². The minimum absolute atomic E-state index is 0.299.